The summed E-state index contributed by atoms with van der Waals surface area (Å²) >= 11 is 1.78. The van der Waals surface area contributed by atoms with Gasteiger partial charge in [0.25, 0.3) is 0 Å². The summed E-state index contributed by atoms with van der Waals surface area (Å²) in [6, 6.07) is 0. The van der Waals surface area contributed by atoms with Crippen molar-refractivity contribution in [1.29, 1.82) is 0 Å². The van der Waals surface area contributed by atoms with Crippen molar-refractivity contribution in [3.63, 3.8) is 0 Å². The van der Waals surface area contributed by atoms with Crippen LogP contribution in [0.25, 0.3) is 0 Å². The Kier molecular flexibility index (Phi) is 2.07. The molecule has 0 aromatic heterocycles. The van der Waals surface area contributed by atoms with Crippen molar-refractivity contribution in [1.82, 2.24) is 0 Å². The molecule has 1 aliphatic heterocycles. The smallest absolute Gasteiger partial charge is 0.316 e. The quantitative estimate of drug-likeness (QED) is 0.519. The molecule has 0 spiro atoms. The maximum atomic E-state index is 10.9. The molecule has 3 heteroatoms. The molecule has 2 fully saturated rings. The van der Waals surface area contributed by atoms with Crippen LogP contribution < -0.4 is 0 Å². The van der Waals surface area contributed by atoms with Crippen molar-refractivity contribution in [2.45, 2.75) is 37.0 Å². The summed E-state index contributed by atoms with van der Waals surface area (Å²) in [6.07, 6.45) is 5.11. The van der Waals surface area contributed by atoms with Crippen molar-refractivity contribution in [2.24, 2.45) is 0 Å². The van der Waals surface area contributed by atoms with Crippen molar-refractivity contribution in [3.05, 3.63) is 0 Å². The third-order valence-corrected chi connectivity index (χ3v) is 3.71. The van der Waals surface area contributed by atoms with Crippen LogP contribution in [-0.2, 0) is 9.53 Å². The zero-order valence-electron chi connectivity index (χ0n) is 6.41. The number of hydrogen-bond acceptors (Lipinski definition) is 3. The van der Waals surface area contributed by atoms with Gasteiger partial charge in [-0.1, -0.05) is 6.42 Å². The summed E-state index contributed by atoms with van der Waals surface area (Å²) < 4.78 is 5.23. The fraction of sp³-hybridized carbons (Fsp3) is 0.875. The fourth-order valence-corrected chi connectivity index (χ4v) is 2.92. The zero-order valence-corrected chi connectivity index (χ0v) is 7.23. The number of thioether (sulfide) groups is 1. The number of fused-ring (bicyclic) bond motifs is 1. The minimum Gasteiger partial charge on any atom is -0.461 e. The topological polar surface area (TPSA) is 26.3 Å². The normalized spacial score (nSPS) is 37.6. The highest BCUT2D eigenvalue weighted by Crippen LogP contribution is 2.33. The van der Waals surface area contributed by atoms with Gasteiger partial charge in [-0.05, 0) is 19.3 Å². The molecule has 2 nitrogen and oxygen atoms in total. The van der Waals surface area contributed by atoms with Gasteiger partial charge in [0.1, 0.15) is 6.10 Å². The average molecular weight is 172 g/mol. The van der Waals surface area contributed by atoms with Crippen molar-refractivity contribution < 1.29 is 9.53 Å². The molecular weight excluding hydrogens is 160 g/mol. The summed E-state index contributed by atoms with van der Waals surface area (Å²) in [4.78, 5) is 10.9. The third kappa shape index (κ3) is 1.53. The Morgan fingerprint density at radius 2 is 2.18 bits per heavy atom. The minimum absolute atomic E-state index is 0.0156. The predicted octanol–water partition coefficient (Wildman–Crippen LogP) is 1.59. The Morgan fingerprint density at radius 3 is 3.09 bits per heavy atom. The van der Waals surface area contributed by atoms with Gasteiger partial charge in [-0.3, -0.25) is 4.79 Å². The van der Waals surface area contributed by atoms with Gasteiger partial charge in [-0.15, -0.1) is 11.8 Å². The molecule has 1 saturated carbocycles. The van der Waals surface area contributed by atoms with E-state index in [4.69, 9.17) is 4.74 Å². The van der Waals surface area contributed by atoms with Crippen LogP contribution in [0, 0.1) is 0 Å². The number of rotatable bonds is 0. The summed E-state index contributed by atoms with van der Waals surface area (Å²) in [5.41, 5.74) is 0. The molecule has 1 heterocycles. The van der Waals surface area contributed by atoms with Crippen LogP contribution in [0.15, 0.2) is 0 Å². The van der Waals surface area contributed by atoms with Gasteiger partial charge in [0.15, 0.2) is 0 Å². The second-order valence-corrected chi connectivity index (χ2v) is 4.39. The van der Waals surface area contributed by atoms with Gasteiger partial charge in [0.05, 0.1) is 5.75 Å². The van der Waals surface area contributed by atoms with Crippen LogP contribution in [0.1, 0.15) is 25.7 Å². The van der Waals surface area contributed by atoms with Gasteiger partial charge in [0, 0.05) is 5.25 Å². The molecule has 2 atom stereocenters. The maximum absolute atomic E-state index is 10.9. The first-order chi connectivity index (χ1) is 5.36. The van der Waals surface area contributed by atoms with Crippen molar-refractivity contribution >= 4 is 17.7 Å². The summed E-state index contributed by atoms with van der Waals surface area (Å²) in [6.45, 7) is 0. The molecule has 0 bridgehead atoms. The first-order valence-electron chi connectivity index (χ1n) is 4.17. The molecule has 1 aliphatic carbocycles. The minimum atomic E-state index is -0.0156. The van der Waals surface area contributed by atoms with E-state index in [0.29, 0.717) is 11.0 Å². The molecule has 2 aliphatic rings. The maximum Gasteiger partial charge on any atom is 0.316 e. The number of esters is 1. The number of carbonyl (C=O) groups is 1. The number of ether oxygens (including phenoxy) is 1. The fourth-order valence-electron chi connectivity index (χ4n) is 1.77. The Balaban J connectivity index is 1.98. The van der Waals surface area contributed by atoms with Gasteiger partial charge in [-0.2, -0.15) is 0 Å². The Hall–Kier alpha value is -0.180. The molecule has 0 aromatic carbocycles. The van der Waals surface area contributed by atoms with Crippen LogP contribution >= 0.6 is 11.8 Å². The Bertz CT molecular complexity index is 169. The Labute approximate surface area is 70.7 Å². The van der Waals surface area contributed by atoms with E-state index in [1.165, 1.54) is 19.3 Å². The van der Waals surface area contributed by atoms with E-state index in [9.17, 15) is 4.79 Å². The van der Waals surface area contributed by atoms with Crippen LogP contribution in [0.4, 0.5) is 0 Å². The molecule has 0 aromatic rings. The van der Waals surface area contributed by atoms with Gasteiger partial charge in [0.2, 0.25) is 0 Å². The Morgan fingerprint density at radius 1 is 1.36 bits per heavy atom. The predicted molar refractivity (Wildman–Crippen MR) is 44.6 cm³/mol. The molecule has 62 valence electrons. The lowest BCUT2D eigenvalue weighted by atomic mass is 9.97. The second-order valence-electron chi connectivity index (χ2n) is 3.16. The van der Waals surface area contributed by atoms with E-state index in [2.05, 4.69) is 0 Å². The molecule has 1 saturated heterocycles. The van der Waals surface area contributed by atoms with Crippen LogP contribution in [0.3, 0.4) is 0 Å². The first kappa shape index (κ1) is 7.47. The first-order valence-corrected chi connectivity index (χ1v) is 5.22. The highest BCUT2D eigenvalue weighted by atomic mass is 32.2. The van der Waals surface area contributed by atoms with Crippen molar-refractivity contribution in [2.75, 3.05) is 5.75 Å². The second kappa shape index (κ2) is 3.05. The summed E-state index contributed by atoms with van der Waals surface area (Å²) in [5, 5.41) is 0.612. The molecule has 11 heavy (non-hydrogen) atoms. The van der Waals surface area contributed by atoms with E-state index in [1.807, 2.05) is 0 Å². The molecule has 0 radical (unpaired) electrons. The molecule has 0 unspecified atom stereocenters. The van der Waals surface area contributed by atoms with Gasteiger partial charge in [-0.25, -0.2) is 0 Å². The SMILES string of the molecule is O=C1CS[C@@H]2CCCC[C@H]2O1. The van der Waals surface area contributed by atoms with E-state index in [-0.39, 0.29) is 12.1 Å². The van der Waals surface area contributed by atoms with Crippen LogP contribution in [0.5, 0.6) is 0 Å². The highest BCUT2D eigenvalue weighted by molar-refractivity contribution is 8.00. The van der Waals surface area contributed by atoms with Crippen LogP contribution in [0.2, 0.25) is 0 Å². The lowest BCUT2D eigenvalue weighted by Gasteiger charge is -2.33. The van der Waals surface area contributed by atoms with E-state index < -0.39 is 0 Å². The molecule has 0 N–H and O–H groups in total. The van der Waals surface area contributed by atoms with Gasteiger partial charge >= 0.3 is 5.97 Å². The number of carbonyl (C=O) groups excluding carboxylic acids is 1. The van der Waals surface area contributed by atoms with Crippen molar-refractivity contribution in [3.8, 4) is 0 Å². The molecular formula is C8H12O2S. The highest BCUT2D eigenvalue weighted by Gasteiger charge is 2.32. The molecule has 0 amide bonds. The van der Waals surface area contributed by atoms with E-state index in [0.717, 1.165) is 6.42 Å². The monoisotopic (exact) mass is 172 g/mol. The van der Waals surface area contributed by atoms with E-state index in [1.54, 1.807) is 11.8 Å². The zero-order chi connectivity index (χ0) is 7.68. The molecule has 2 rings (SSSR count). The van der Waals surface area contributed by atoms with Crippen LogP contribution in [-0.4, -0.2) is 23.1 Å². The largest absolute Gasteiger partial charge is 0.461 e. The standard InChI is InChI=1S/C8H12O2S/c9-8-5-11-7-4-2-1-3-6(7)10-8/h6-7H,1-5H2/t6-,7-/m1/s1. The average Bonchev–Trinajstić information content (AvgIpc) is 2.04. The number of hydrogen-bond donors (Lipinski definition) is 0. The summed E-state index contributed by atoms with van der Waals surface area (Å²) in [5.74, 6) is 0.555. The summed E-state index contributed by atoms with van der Waals surface area (Å²) in [7, 11) is 0. The lowest BCUT2D eigenvalue weighted by Crippen LogP contribution is -2.37. The van der Waals surface area contributed by atoms with Gasteiger partial charge < -0.3 is 4.74 Å². The lowest BCUT2D eigenvalue weighted by molar-refractivity contribution is -0.147. The third-order valence-electron chi connectivity index (χ3n) is 2.34. The van der Waals surface area contributed by atoms with E-state index >= 15 is 0 Å².